The maximum atomic E-state index is 12.9. The summed E-state index contributed by atoms with van der Waals surface area (Å²) in [5.41, 5.74) is 0. The standard InChI is InChI=1S/C31H61N3O18/c1-2-6-48-8-10-50-12-14-52-15-13-51-11-9-49-7-5-26(42)34-20(31(47)33-17-22(38)28(44)30(46)24(40)19-36)3-4-25(41)32-16-21(37)27(43)29(45)23(39)18-35/h20-24,27-30,35-40,43-46H,2-19H2,1H3,(H,32,41)(H,33,47)(H,34,42)/t20-,21-,22-,23+,24+,27+,28+,29+,30+/m0/s1. The van der Waals surface area contributed by atoms with E-state index in [4.69, 9.17) is 33.9 Å². The number of hydrogen-bond donors (Lipinski definition) is 13. The van der Waals surface area contributed by atoms with Gasteiger partial charge in [-0.3, -0.25) is 14.4 Å². The monoisotopic (exact) mass is 763 g/mol. The van der Waals surface area contributed by atoms with E-state index in [0.717, 1.165) is 6.42 Å². The van der Waals surface area contributed by atoms with E-state index in [9.17, 15) is 55.2 Å². The summed E-state index contributed by atoms with van der Waals surface area (Å²) < 4.78 is 26.8. The van der Waals surface area contributed by atoms with Crippen LogP contribution in [0.1, 0.15) is 32.6 Å². The van der Waals surface area contributed by atoms with Crippen LogP contribution in [0, 0.1) is 0 Å². The Bertz CT molecular complexity index is 924. The molecule has 0 aliphatic heterocycles. The van der Waals surface area contributed by atoms with Gasteiger partial charge in [-0.1, -0.05) is 6.92 Å². The third-order valence-corrected chi connectivity index (χ3v) is 7.27. The summed E-state index contributed by atoms with van der Waals surface area (Å²) in [4.78, 5) is 37.9. The van der Waals surface area contributed by atoms with Gasteiger partial charge in [0.1, 0.15) is 42.7 Å². The highest BCUT2D eigenvalue weighted by atomic mass is 16.6. The van der Waals surface area contributed by atoms with Crippen LogP contribution in [-0.2, 0) is 38.1 Å². The van der Waals surface area contributed by atoms with Crippen LogP contribution in [0.4, 0.5) is 0 Å². The van der Waals surface area contributed by atoms with Crippen molar-refractivity contribution in [2.75, 3.05) is 92.4 Å². The maximum absolute atomic E-state index is 12.9. The second-order valence-electron chi connectivity index (χ2n) is 11.6. The van der Waals surface area contributed by atoms with E-state index in [1.165, 1.54) is 0 Å². The van der Waals surface area contributed by atoms with Crippen LogP contribution in [0.15, 0.2) is 0 Å². The van der Waals surface area contributed by atoms with Crippen molar-refractivity contribution >= 4 is 17.7 Å². The van der Waals surface area contributed by atoms with Crippen LogP contribution >= 0.6 is 0 Å². The molecule has 0 aromatic rings. The molecule has 0 fully saturated rings. The van der Waals surface area contributed by atoms with Crippen LogP contribution in [-0.4, -0.2) is 216 Å². The molecular formula is C31H61N3O18. The summed E-state index contributed by atoms with van der Waals surface area (Å²) in [6.07, 6.45) is -14.7. The first kappa shape index (κ1) is 49.8. The van der Waals surface area contributed by atoms with E-state index >= 15 is 0 Å². The van der Waals surface area contributed by atoms with Crippen molar-refractivity contribution in [1.82, 2.24) is 16.0 Å². The van der Waals surface area contributed by atoms with E-state index < -0.39 is 105 Å². The Hall–Kier alpha value is -2.19. The molecule has 0 saturated carbocycles. The van der Waals surface area contributed by atoms with Crippen molar-refractivity contribution in [2.24, 2.45) is 0 Å². The minimum Gasteiger partial charge on any atom is -0.394 e. The second-order valence-corrected chi connectivity index (χ2v) is 11.6. The van der Waals surface area contributed by atoms with Gasteiger partial charge in [-0.2, -0.15) is 0 Å². The zero-order valence-corrected chi connectivity index (χ0v) is 29.7. The van der Waals surface area contributed by atoms with Crippen molar-refractivity contribution in [3.63, 3.8) is 0 Å². The molecule has 0 unspecified atom stereocenters. The molecule has 0 saturated heterocycles. The predicted octanol–water partition coefficient (Wildman–Crippen LogP) is -6.76. The highest BCUT2D eigenvalue weighted by molar-refractivity contribution is 5.88. The van der Waals surface area contributed by atoms with E-state index in [0.29, 0.717) is 46.2 Å². The summed E-state index contributed by atoms with van der Waals surface area (Å²) in [6.45, 7) is 2.55. The third-order valence-electron chi connectivity index (χ3n) is 7.27. The summed E-state index contributed by atoms with van der Waals surface area (Å²) >= 11 is 0. The van der Waals surface area contributed by atoms with Crippen LogP contribution in [0.5, 0.6) is 0 Å². The third kappa shape index (κ3) is 23.5. The molecule has 0 rings (SSSR count). The molecule has 0 spiro atoms. The van der Waals surface area contributed by atoms with Gasteiger partial charge in [-0.05, 0) is 12.8 Å². The zero-order chi connectivity index (χ0) is 39.3. The first-order valence-electron chi connectivity index (χ1n) is 17.2. The fourth-order valence-electron chi connectivity index (χ4n) is 4.10. The van der Waals surface area contributed by atoms with Crippen LogP contribution in [0.2, 0.25) is 0 Å². The SMILES string of the molecule is CCCOCCOCCOCCOCCOCCC(=O)N[C@@H](CCC(=O)NC[C@H](O)[C@@H](O)[C@H](O)[C@H](O)CO)C(=O)NC[C@H](O)[C@@H](O)[C@H](O)[C@H](O)CO. The molecule has 0 aliphatic carbocycles. The smallest absolute Gasteiger partial charge is 0.242 e. The molecule has 3 amide bonds. The van der Waals surface area contributed by atoms with Gasteiger partial charge in [0.25, 0.3) is 0 Å². The molecule has 0 radical (unpaired) electrons. The minimum atomic E-state index is -1.96. The fraction of sp³-hybridized carbons (Fsp3) is 0.903. The highest BCUT2D eigenvalue weighted by Gasteiger charge is 2.32. The number of amides is 3. The lowest BCUT2D eigenvalue weighted by Gasteiger charge is -2.26. The Morgan fingerprint density at radius 3 is 1.31 bits per heavy atom. The quantitative estimate of drug-likeness (QED) is 0.0271. The van der Waals surface area contributed by atoms with Crippen LogP contribution in [0.25, 0.3) is 0 Å². The minimum absolute atomic E-state index is 0.0488. The molecule has 13 N–H and O–H groups in total. The Balaban J connectivity index is 4.75. The summed E-state index contributed by atoms with van der Waals surface area (Å²) in [5.74, 6) is -2.29. The van der Waals surface area contributed by atoms with Crippen molar-refractivity contribution in [2.45, 2.75) is 87.5 Å². The predicted molar refractivity (Wildman–Crippen MR) is 178 cm³/mol. The molecular weight excluding hydrogens is 702 g/mol. The zero-order valence-electron chi connectivity index (χ0n) is 29.7. The Morgan fingerprint density at radius 2 is 0.885 bits per heavy atom. The van der Waals surface area contributed by atoms with E-state index in [-0.39, 0.29) is 32.7 Å². The molecule has 52 heavy (non-hydrogen) atoms. The number of carbonyl (C=O) groups is 3. The summed E-state index contributed by atoms with van der Waals surface area (Å²) in [6, 6.07) is -1.37. The number of rotatable bonds is 34. The Morgan fingerprint density at radius 1 is 0.500 bits per heavy atom. The van der Waals surface area contributed by atoms with E-state index in [1.54, 1.807) is 0 Å². The first-order chi connectivity index (χ1) is 24.8. The van der Waals surface area contributed by atoms with E-state index in [1.807, 2.05) is 6.92 Å². The lowest BCUT2D eigenvalue weighted by atomic mass is 10.0. The lowest BCUT2D eigenvalue weighted by molar-refractivity contribution is -0.132. The van der Waals surface area contributed by atoms with Gasteiger partial charge in [-0.15, -0.1) is 0 Å². The van der Waals surface area contributed by atoms with Gasteiger partial charge in [-0.25, -0.2) is 0 Å². The molecule has 9 atom stereocenters. The molecule has 308 valence electrons. The molecule has 0 heterocycles. The number of hydrogen-bond acceptors (Lipinski definition) is 18. The Kier molecular flexibility index (Phi) is 29.9. The molecule has 21 heteroatoms. The fourth-order valence-corrected chi connectivity index (χ4v) is 4.10. The Labute approximate surface area is 302 Å². The second kappa shape index (κ2) is 31.2. The number of ether oxygens (including phenoxy) is 5. The van der Waals surface area contributed by atoms with Crippen LogP contribution < -0.4 is 16.0 Å². The summed E-state index contributed by atoms with van der Waals surface area (Å²) in [7, 11) is 0. The van der Waals surface area contributed by atoms with Crippen LogP contribution in [0.3, 0.4) is 0 Å². The first-order valence-corrected chi connectivity index (χ1v) is 17.2. The van der Waals surface area contributed by atoms with Gasteiger partial charge in [0.2, 0.25) is 17.7 Å². The molecule has 0 aromatic heterocycles. The van der Waals surface area contributed by atoms with Crippen molar-refractivity contribution in [1.29, 1.82) is 0 Å². The molecule has 0 aliphatic rings. The van der Waals surface area contributed by atoms with Gasteiger partial charge in [0.05, 0.1) is 84.9 Å². The molecule has 0 aromatic carbocycles. The average Bonchev–Trinajstić information content (AvgIpc) is 3.15. The largest absolute Gasteiger partial charge is 0.394 e. The normalized spacial score (nSPS) is 16.9. The van der Waals surface area contributed by atoms with Gasteiger partial charge in [0, 0.05) is 32.5 Å². The average molecular weight is 764 g/mol. The molecule has 0 bridgehead atoms. The lowest BCUT2D eigenvalue weighted by Crippen LogP contribution is -2.53. The van der Waals surface area contributed by atoms with Gasteiger partial charge >= 0.3 is 0 Å². The molecule has 21 nitrogen and oxygen atoms in total. The van der Waals surface area contributed by atoms with E-state index in [2.05, 4.69) is 16.0 Å². The van der Waals surface area contributed by atoms with Gasteiger partial charge in [0.15, 0.2) is 0 Å². The number of nitrogens with one attached hydrogen (secondary N) is 3. The maximum Gasteiger partial charge on any atom is 0.242 e. The van der Waals surface area contributed by atoms with Crippen molar-refractivity contribution < 1.29 is 89.1 Å². The van der Waals surface area contributed by atoms with Gasteiger partial charge < -0.3 is 90.7 Å². The number of aliphatic hydroxyl groups excluding tert-OH is 10. The summed E-state index contributed by atoms with van der Waals surface area (Å²) in [5, 5.41) is 103. The van der Waals surface area contributed by atoms with Crippen molar-refractivity contribution in [3.05, 3.63) is 0 Å². The number of carbonyl (C=O) groups excluding carboxylic acids is 3. The highest BCUT2D eigenvalue weighted by Crippen LogP contribution is 2.07. The number of aliphatic hydroxyl groups is 10. The van der Waals surface area contributed by atoms with Crippen molar-refractivity contribution in [3.8, 4) is 0 Å². The topological polar surface area (TPSA) is 336 Å².